The summed E-state index contributed by atoms with van der Waals surface area (Å²) in [6.07, 6.45) is 7.51. The molecule has 2 nitrogen and oxygen atoms in total. The maximum Gasteiger partial charge on any atom is 0.414 e. The first kappa shape index (κ1) is 23.7. The van der Waals surface area contributed by atoms with Crippen molar-refractivity contribution in [1.29, 1.82) is 0 Å². The van der Waals surface area contributed by atoms with Crippen LogP contribution in [0.25, 0.3) is 0 Å². The minimum absolute atomic E-state index is 0.176. The van der Waals surface area contributed by atoms with Gasteiger partial charge in [0, 0.05) is 13.2 Å². The molecule has 0 spiro atoms. The van der Waals surface area contributed by atoms with Crippen LogP contribution in [-0.4, -0.2) is 30.6 Å². The maximum absolute atomic E-state index is 12.1. The summed E-state index contributed by atoms with van der Waals surface area (Å²) in [6.45, 7) is 3.87. The smallest absolute Gasteiger partial charge is 0.384 e. The fraction of sp³-hybridized carbons (Fsp3) is 1.00. The summed E-state index contributed by atoms with van der Waals surface area (Å²) in [7, 11) is 0. The van der Waals surface area contributed by atoms with Crippen LogP contribution in [0.1, 0.15) is 96.8 Å². The lowest BCUT2D eigenvalue weighted by Gasteiger charge is -2.13. The van der Waals surface area contributed by atoms with E-state index in [-0.39, 0.29) is 6.42 Å². The summed E-state index contributed by atoms with van der Waals surface area (Å²) >= 11 is 0. The molecule has 0 aromatic carbocycles. The van der Waals surface area contributed by atoms with Crippen LogP contribution in [0.4, 0.5) is 13.2 Å². The highest BCUT2D eigenvalue weighted by Crippen LogP contribution is 2.24. The molecule has 0 saturated carbocycles. The minimum Gasteiger partial charge on any atom is -0.384 e. The van der Waals surface area contributed by atoms with Crippen LogP contribution in [0.3, 0.4) is 0 Å². The molecule has 0 bridgehead atoms. The van der Waals surface area contributed by atoms with Gasteiger partial charge in [-0.3, -0.25) is 0 Å². The summed E-state index contributed by atoms with van der Waals surface area (Å²) in [4.78, 5) is 0. The number of unbranched alkanes of at least 4 members (excludes halogenated alkanes) is 11. The van der Waals surface area contributed by atoms with Crippen molar-refractivity contribution in [2.24, 2.45) is 0 Å². The Balaban J connectivity index is 3.10. The molecule has 1 N–H and O–H groups in total. The van der Waals surface area contributed by atoms with E-state index in [1.54, 1.807) is 0 Å². The third-order valence-corrected chi connectivity index (χ3v) is 4.29. The van der Waals surface area contributed by atoms with E-state index in [0.29, 0.717) is 6.42 Å². The van der Waals surface area contributed by atoms with Crippen LogP contribution in [0.15, 0.2) is 0 Å². The first-order valence-corrected chi connectivity index (χ1v) is 9.81. The van der Waals surface area contributed by atoms with Crippen molar-refractivity contribution in [3.05, 3.63) is 0 Å². The highest BCUT2D eigenvalue weighted by atomic mass is 19.4. The predicted octanol–water partition coefficient (Wildman–Crippen LogP) is 6.41. The van der Waals surface area contributed by atoms with Gasteiger partial charge in [0.1, 0.15) is 6.10 Å². The van der Waals surface area contributed by atoms with Crippen LogP contribution in [0.2, 0.25) is 0 Å². The molecular weight excluding hydrogens is 317 g/mol. The topological polar surface area (TPSA) is 29.5 Å². The predicted molar refractivity (Wildman–Crippen MR) is 93.2 cm³/mol. The Morgan fingerprint density at radius 3 is 1.58 bits per heavy atom. The molecule has 0 heterocycles. The van der Waals surface area contributed by atoms with Crippen molar-refractivity contribution in [3.63, 3.8) is 0 Å². The molecule has 0 aliphatic heterocycles. The van der Waals surface area contributed by atoms with Gasteiger partial charge in [-0.25, -0.2) is 0 Å². The van der Waals surface area contributed by atoms with Crippen LogP contribution < -0.4 is 0 Å². The largest absolute Gasteiger partial charge is 0.414 e. The van der Waals surface area contributed by atoms with Crippen molar-refractivity contribution in [2.75, 3.05) is 13.2 Å². The molecule has 0 amide bonds. The van der Waals surface area contributed by atoms with E-state index in [4.69, 9.17) is 9.84 Å². The molecule has 0 aliphatic carbocycles. The number of rotatable bonds is 17. The minimum atomic E-state index is -4.47. The van der Waals surface area contributed by atoms with Gasteiger partial charge in [-0.05, 0) is 19.3 Å². The van der Waals surface area contributed by atoms with Crippen LogP contribution >= 0.6 is 0 Å². The van der Waals surface area contributed by atoms with Crippen molar-refractivity contribution in [2.45, 2.75) is 109 Å². The lowest BCUT2D eigenvalue weighted by Crippen LogP contribution is -2.28. The molecule has 0 aromatic heterocycles. The number of hydrogen-bond acceptors (Lipinski definition) is 2. The quantitative estimate of drug-likeness (QED) is 0.306. The van der Waals surface area contributed by atoms with Gasteiger partial charge in [-0.15, -0.1) is 0 Å². The standard InChI is InChI=1S/C19H37F3O2/c1-2-3-4-5-7-10-13-16-24-17-14-11-8-6-9-12-15-18(23)19(20,21)22/h18,23H,2-17H2,1H3. The van der Waals surface area contributed by atoms with E-state index in [0.717, 1.165) is 51.7 Å². The molecule has 0 aliphatic rings. The average Bonchev–Trinajstić information content (AvgIpc) is 2.53. The van der Waals surface area contributed by atoms with E-state index in [1.165, 1.54) is 38.5 Å². The van der Waals surface area contributed by atoms with E-state index >= 15 is 0 Å². The SMILES string of the molecule is CCCCCCCCCOCCCCCCCCC(O)C(F)(F)F. The molecule has 0 rings (SSSR count). The zero-order valence-electron chi connectivity index (χ0n) is 15.4. The highest BCUT2D eigenvalue weighted by Gasteiger charge is 2.37. The van der Waals surface area contributed by atoms with Crippen LogP contribution in [0, 0.1) is 0 Å². The molecule has 0 fully saturated rings. The molecule has 5 heteroatoms. The Kier molecular flexibility index (Phi) is 16.0. The number of aliphatic hydroxyl groups excluding tert-OH is 1. The number of aliphatic hydroxyl groups is 1. The monoisotopic (exact) mass is 354 g/mol. The van der Waals surface area contributed by atoms with Gasteiger partial charge >= 0.3 is 6.18 Å². The molecular formula is C19H37F3O2. The summed E-state index contributed by atoms with van der Waals surface area (Å²) < 4.78 is 41.8. The van der Waals surface area contributed by atoms with E-state index in [1.807, 2.05) is 0 Å². The molecule has 1 unspecified atom stereocenters. The van der Waals surface area contributed by atoms with Crippen LogP contribution in [-0.2, 0) is 4.74 Å². The lowest BCUT2D eigenvalue weighted by atomic mass is 10.1. The second-order valence-corrected chi connectivity index (χ2v) is 6.70. The second kappa shape index (κ2) is 16.2. The van der Waals surface area contributed by atoms with Gasteiger partial charge in [0.2, 0.25) is 0 Å². The Labute approximate surface area is 146 Å². The summed E-state index contributed by atoms with van der Waals surface area (Å²) in [5, 5.41) is 8.86. The van der Waals surface area contributed by atoms with Crippen LogP contribution in [0.5, 0.6) is 0 Å². The Morgan fingerprint density at radius 2 is 1.12 bits per heavy atom. The molecule has 24 heavy (non-hydrogen) atoms. The van der Waals surface area contributed by atoms with Gasteiger partial charge in [-0.2, -0.15) is 13.2 Å². The van der Waals surface area contributed by atoms with E-state index in [2.05, 4.69) is 6.92 Å². The van der Waals surface area contributed by atoms with Crippen molar-refractivity contribution in [3.8, 4) is 0 Å². The fourth-order valence-corrected chi connectivity index (χ4v) is 2.68. The first-order chi connectivity index (χ1) is 11.5. The van der Waals surface area contributed by atoms with Gasteiger partial charge in [0.05, 0.1) is 0 Å². The normalized spacial score (nSPS) is 13.4. The lowest BCUT2D eigenvalue weighted by molar-refractivity contribution is -0.205. The summed E-state index contributed by atoms with van der Waals surface area (Å²) in [5.74, 6) is 0. The van der Waals surface area contributed by atoms with Gasteiger partial charge in [-0.1, -0.05) is 77.6 Å². The Morgan fingerprint density at radius 1 is 0.708 bits per heavy atom. The Hall–Kier alpha value is -0.290. The third kappa shape index (κ3) is 16.6. The first-order valence-electron chi connectivity index (χ1n) is 9.81. The van der Waals surface area contributed by atoms with Gasteiger partial charge < -0.3 is 9.84 Å². The van der Waals surface area contributed by atoms with E-state index in [9.17, 15) is 13.2 Å². The average molecular weight is 354 g/mol. The number of halogens is 3. The molecule has 0 aromatic rings. The zero-order valence-corrected chi connectivity index (χ0v) is 15.4. The fourth-order valence-electron chi connectivity index (χ4n) is 2.68. The number of ether oxygens (including phenoxy) is 1. The van der Waals surface area contributed by atoms with Gasteiger partial charge in [0.25, 0.3) is 0 Å². The second-order valence-electron chi connectivity index (χ2n) is 6.70. The molecule has 0 radical (unpaired) electrons. The Bertz CT molecular complexity index is 257. The van der Waals surface area contributed by atoms with Crippen molar-refractivity contribution in [1.82, 2.24) is 0 Å². The summed E-state index contributed by atoms with van der Waals surface area (Å²) in [6, 6.07) is 0. The van der Waals surface area contributed by atoms with E-state index < -0.39 is 12.3 Å². The number of alkyl halides is 3. The zero-order chi connectivity index (χ0) is 18.1. The third-order valence-electron chi connectivity index (χ3n) is 4.29. The highest BCUT2D eigenvalue weighted by molar-refractivity contribution is 4.64. The number of hydrogen-bond donors (Lipinski definition) is 1. The van der Waals surface area contributed by atoms with Crippen molar-refractivity contribution < 1.29 is 23.0 Å². The summed E-state index contributed by atoms with van der Waals surface area (Å²) in [5.41, 5.74) is 0. The molecule has 1 atom stereocenters. The maximum atomic E-state index is 12.1. The molecule has 146 valence electrons. The molecule has 0 saturated heterocycles. The van der Waals surface area contributed by atoms with Crippen molar-refractivity contribution >= 4 is 0 Å². The van der Waals surface area contributed by atoms with Gasteiger partial charge in [0.15, 0.2) is 0 Å².